The molecule has 7 heteroatoms. The minimum atomic E-state index is 0.114. The standard InChI is InChI=1S/C18H22N6O/c1-14(17-21-22-18(25-17)16-7-3-2-4-8-16)23-9-5-6-15(10-23)11-24-13-19-12-20-24/h2-4,7-8,12-15H,5-6,9-11H2,1H3/t14-,15-/m0/s1. The molecule has 0 amide bonds. The fourth-order valence-electron chi connectivity index (χ4n) is 3.45. The van der Waals surface area contributed by atoms with E-state index >= 15 is 0 Å². The molecule has 1 fully saturated rings. The Hall–Kier alpha value is -2.54. The minimum Gasteiger partial charge on any atom is -0.419 e. The van der Waals surface area contributed by atoms with E-state index in [1.165, 1.54) is 12.8 Å². The molecule has 0 saturated carbocycles. The Bertz CT molecular complexity index is 785. The average molecular weight is 338 g/mol. The predicted molar refractivity (Wildman–Crippen MR) is 92.5 cm³/mol. The molecule has 130 valence electrons. The second-order valence-corrected chi connectivity index (χ2v) is 6.61. The molecular weight excluding hydrogens is 316 g/mol. The molecule has 0 radical (unpaired) electrons. The van der Waals surface area contributed by atoms with Crippen LogP contribution in [0.4, 0.5) is 0 Å². The van der Waals surface area contributed by atoms with Crippen molar-refractivity contribution in [3.8, 4) is 11.5 Å². The molecule has 3 aromatic rings. The van der Waals surface area contributed by atoms with Crippen LogP contribution in [0.2, 0.25) is 0 Å². The maximum absolute atomic E-state index is 5.93. The van der Waals surface area contributed by atoms with Gasteiger partial charge >= 0.3 is 0 Å². The molecule has 1 aliphatic heterocycles. The van der Waals surface area contributed by atoms with Crippen LogP contribution >= 0.6 is 0 Å². The highest BCUT2D eigenvalue weighted by Gasteiger charge is 2.27. The molecule has 3 heterocycles. The van der Waals surface area contributed by atoms with Crippen molar-refractivity contribution in [2.24, 2.45) is 5.92 Å². The van der Waals surface area contributed by atoms with Crippen LogP contribution in [0, 0.1) is 5.92 Å². The smallest absolute Gasteiger partial charge is 0.247 e. The zero-order chi connectivity index (χ0) is 17.1. The summed E-state index contributed by atoms with van der Waals surface area (Å²) < 4.78 is 7.85. The van der Waals surface area contributed by atoms with Gasteiger partial charge in [0, 0.05) is 18.7 Å². The van der Waals surface area contributed by atoms with Crippen molar-refractivity contribution in [2.75, 3.05) is 13.1 Å². The van der Waals surface area contributed by atoms with Crippen molar-refractivity contribution in [3.05, 3.63) is 48.9 Å². The zero-order valence-corrected chi connectivity index (χ0v) is 14.3. The summed E-state index contributed by atoms with van der Waals surface area (Å²) in [6, 6.07) is 10.0. The van der Waals surface area contributed by atoms with Gasteiger partial charge in [0.05, 0.1) is 6.04 Å². The molecule has 25 heavy (non-hydrogen) atoms. The van der Waals surface area contributed by atoms with Gasteiger partial charge in [0.1, 0.15) is 12.7 Å². The third kappa shape index (κ3) is 3.61. The first-order chi connectivity index (χ1) is 12.3. The van der Waals surface area contributed by atoms with Gasteiger partial charge in [-0.25, -0.2) is 4.98 Å². The highest BCUT2D eigenvalue weighted by Crippen LogP contribution is 2.28. The molecule has 1 saturated heterocycles. The summed E-state index contributed by atoms with van der Waals surface area (Å²) in [5.74, 6) is 1.83. The van der Waals surface area contributed by atoms with Gasteiger partial charge in [0.15, 0.2) is 0 Å². The van der Waals surface area contributed by atoms with Crippen LogP contribution in [0.25, 0.3) is 11.5 Å². The van der Waals surface area contributed by atoms with Crippen molar-refractivity contribution in [1.29, 1.82) is 0 Å². The number of rotatable bonds is 5. The lowest BCUT2D eigenvalue weighted by Gasteiger charge is -2.35. The van der Waals surface area contributed by atoms with Crippen LogP contribution in [0.1, 0.15) is 31.7 Å². The van der Waals surface area contributed by atoms with E-state index in [0.29, 0.717) is 17.7 Å². The Kier molecular flexibility index (Phi) is 4.56. The molecule has 0 unspecified atom stereocenters. The Morgan fingerprint density at radius 1 is 1.24 bits per heavy atom. The van der Waals surface area contributed by atoms with E-state index in [4.69, 9.17) is 4.42 Å². The highest BCUT2D eigenvalue weighted by molar-refractivity contribution is 5.51. The lowest BCUT2D eigenvalue weighted by Crippen LogP contribution is -2.38. The lowest BCUT2D eigenvalue weighted by atomic mass is 9.97. The van der Waals surface area contributed by atoms with Crippen LogP contribution in [0.5, 0.6) is 0 Å². The third-order valence-electron chi connectivity index (χ3n) is 4.83. The van der Waals surface area contributed by atoms with E-state index in [-0.39, 0.29) is 6.04 Å². The minimum absolute atomic E-state index is 0.114. The van der Waals surface area contributed by atoms with Crippen LogP contribution in [0.15, 0.2) is 47.4 Å². The number of likely N-dealkylation sites (tertiary alicyclic amines) is 1. The van der Waals surface area contributed by atoms with Crippen molar-refractivity contribution in [1.82, 2.24) is 29.9 Å². The van der Waals surface area contributed by atoms with E-state index in [2.05, 4.69) is 32.1 Å². The zero-order valence-electron chi connectivity index (χ0n) is 14.3. The largest absolute Gasteiger partial charge is 0.419 e. The summed E-state index contributed by atoms with van der Waals surface area (Å²) in [6.45, 7) is 5.10. The second kappa shape index (κ2) is 7.14. The quantitative estimate of drug-likeness (QED) is 0.712. The van der Waals surface area contributed by atoms with Crippen LogP contribution in [0.3, 0.4) is 0 Å². The van der Waals surface area contributed by atoms with Crippen LogP contribution in [-0.2, 0) is 6.54 Å². The maximum atomic E-state index is 5.93. The van der Waals surface area contributed by atoms with Gasteiger partial charge < -0.3 is 4.42 Å². The second-order valence-electron chi connectivity index (χ2n) is 6.61. The molecule has 0 bridgehead atoms. The van der Waals surface area contributed by atoms with Gasteiger partial charge in [-0.1, -0.05) is 18.2 Å². The van der Waals surface area contributed by atoms with Crippen LogP contribution < -0.4 is 0 Å². The Morgan fingerprint density at radius 2 is 2.12 bits per heavy atom. The van der Waals surface area contributed by atoms with Crippen LogP contribution in [-0.4, -0.2) is 43.0 Å². The SMILES string of the molecule is C[C@@H](c1nnc(-c2ccccc2)o1)N1CCC[C@H](Cn2cncn2)C1. The number of piperidine rings is 1. The Labute approximate surface area is 146 Å². The van der Waals surface area contributed by atoms with E-state index in [0.717, 1.165) is 25.2 Å². The number of hydrogen-bond acceptors (Lipinski definition) is 6. The van der Waals surface area contributed by atoms with Gasteiger partial charge in [-0.05, 0) is 44.4 Å². The van der Waals surface area contributed by atoms with Crippen molar-refractivity contribution in [3.63, 3.8) is 0 Å². The first-order valence-electron chi connectivity index (χ1n) is 8.75. The molecule has 0 aliphatic carbocycles. The topological polar surface area (TPSA) is 72.9 Å². The maximum Gasteiger partial charge on any atom is 0.247 e. The van der Waals surface area contributed by atoms with E-state index < -0.39 is 0 Å². The predicted octanol–water partition coefficient (Wildman–Crippen LogP) is 2.80. The molecule has 1 aliphatic rings. The van der Waals surface area contributed by atoms with Gasteiger partial charge in [-0.2, -0.15) is 5.10 Å². The summed E-state index contributed by atoms with van der Waals surface area (Å²) >= 11 is 0. The normalized spacial score (nSPS) is 19.8. The van der Waals surface area contributed by atoms with E-state index in [9.17, 15) is 0 Å². The molecule has 1 aromatic carbocycles. The fourth-order valence-corrected chi connectivity index (χ4v) is 3.45. The van der Waals surface area contributed by atoms with Crippen molar-refractivity contribution >= 4 is 0 Å². The van der Waals surface area contributed by atoms with Gasteiger partial charge in [0.25, 0.3) is 0 Å². The molecule has 2 aromatic heterocycles. The summed E-state index contributed by atoms with van der Waals surface area (Å²) in [5.41, 5.74) is 0.955. The van der Waals surface area contributed by atoms with Gasteiger partial charge in [-0.3, -0.25) is 9.58 Å². The number of hydrogen-bond donors (Lipinski definition) is 0. The molecule has 2 atom stereocenters. The third-order valence-corrected chi connectivity index (χ3v) is 4.83. The first kappa shape index (κ1) is 16.0. The summed E-state index contributed by atoms with van der Waals surface area (Å²) in [4.78, 5) is 6.45. The van der Waals surface area contributed by atoms with Crippen molar-refractivity contribution in [2.45, 2.75) is 32.4 Å². The summed E-state index contributed by atoms with van der Waals surface area (Å²) in [6.07, 6.45) is 5.75. The van der Waals surface area contributed by atoms with Gasteiger partial charge in [-0.15, -0.1) is 10.2 Å². The molecule has 0 spiro atoms. The van der Waals surface area contributed by atoms with E-state index in [1.807, 2.05) is 35.0 Å². The summed E-state index contributed by atoms with van der Waals surface area (Å²) in [5, 5.41) is 12.7. The Morgan fingerprint density at radius 3 is 2.92 bits per heavy atom. The lowest BCUT2D eigenvalue weighted by molar-refractivity contribution is 0.107. The molecule has 7 nitrogen and oxygen atoms in total. The average Bonchev–Trinajstić information content (AvgIpc) is 3.34. The first-order valence-corrected chi connectivity index (χ1v) is 8.75. The molecule has 0 N–H and O–H groups in total. The number of benzene rings is 1. The molecule has 4 rings (SSSR count). The summed E-state index contributed by atoms with van der Waals surface area (Å²) in [7, 11) is 0. The highest BCUT2D eigenvalue weighted by atomic mass is 16.4. The fraction of sp³-hybridized carbons (Fsp3) is 0.444. The number of nitrogens with zero attached hydrogens (tertiary/aromatic N) is 6. The monoisotopic (exact) mass is 338 g/mol. The molecular formula is C18H22N6O. The van der Waals surface area contributed by atoms with Crippen molar-refractivity contribution < 1.29 is 4.42 Å². The van der Waals surface area contributed by atoms with E-state index in [1.54, 1.807) is 12.7 Å². The number of aromatic nitrogens is 5. The van der Waals surface area contributed by atoms with Gasteiger partial charge in [0.2, 0.25) is 11.8 Å². The Balaban J connectivity index is 1.43.